The molecule has 1 amide bonds. The maximum Gasteiger partial charge on any atom is 0.325 e. The molecule has 1 aliphatic heterocycles. The lowest BCUT2D eigenvalue weighted by Crippen LogP contribution is -2.44. The highest BCUT2D eigenvalue weighted by molar-refractivity contribution is 5.85. The normalized spacial score (nSPS) is 19.8. The molecule has 25 heavy (non-hydrogen) atoms. The molecule has 1 saturated carbocycles. The molecular weight excluding hydrogens is 326 g/mol. The van der Waals surface area contributed by atoms with E-state index >= 15 is 0 Å². The number of hydrogen-bond acceptors (Lipinski definition) is 7. The minimum Gasteiger partial charge on any atom is -0.352 e. The fourth-order valence-electron chi connectivity index (χ4n) is 2.97. The molecule has 0 spiro atoms. The van der Waals surface area contributed by atoms with Crippen LogP contribution in [0.25, 0.3) is 11.4 Å². The predicted octanol–water partition coefficient (Wildman–Crippen LogP) is 1.89. The number of nitro benzene ring substituents is 1. The van der Waals surface area contributed by atoms with Crippen LogP contribution in [0.15, 0.2) is 28.8 Å². The first-order valence-electron chi connectivity index (χ1n) is 8.27. The van der Waals surface area contributed by atoms with E-state index in [1.54, 1.807) is 12.1 Å². The number of rotatable bonds is 5. The van der Waals surface area contributed by atoms with Crippen LogP contribution in [-0.4, -0.2) is 39.6 Å². The van der Waals surface area contributed by atoms with Gasteiger partial charge in [0, 0.05) is 30.3 Å². The van der Waals surface area contributed by atoms with Crippen LogP contribution in [0.5, 0.6) is 0 Å². The molecule has 1 aromatic carbocycles. The summed E-state index contributed by atoms with van der Waals surface area (Å²) < 4.78 is 5.33. The molecule has 0 radical (unpaired) electrons. The molecule has 2 heterocycles. The Hall–Kier alpha value is -2.97. The standard InChI is InChI=1S/C16H17N5O4/c22-15(17-11-5-6-11)13-2-1-9-20(13)16-18-14(19-25-16)10-3-7-12(8-4-10)21(23)24/h3-4,7-8,11,13H,1-2,5-6,9H2,(H,17,22)/t13-/m1/s1. The summed E-state index contributed by atoms with van der Waals surface area (Å²) in [6.45, 7) is 0.685. The quantitative estimate of drug-likeness (QED) is 0.651. The largest absolute Gasteiger partial charge is 0.352 e. The lowest BCUT2D eigenvalue weighted by Gasteiger charge is -2.21. The highest BCUT2D eigenvalue weighted by Gasteiger charge is 2.36. The molecule has 1 N–H and O–H groups in total. The molecule has 9 heteroatoms. The number of nitro groups is 1. The summed E-state index contributed by atoms with van der Waals surface area (Å²) >= 11 is 0. The number of non-ortho nitro benzene ring substituents is 1. The van der Waals surface area contributed by atoms with Gasteiger partial charge in [-0.3, -0.25) is 14.9 Å². The number of nitrogens with zero attached hydrogens (tertiary/aromatic N) is 4. The predicted molar refractivity (Wildman–Crippen MR) is 87.9 cm³/mol. The van der Waals surface area contributed by atoms with Gasteiger partial charge < -0.3 is 14.7 Å². The fraction of sp³-hybridized carbons (Fsp3) is 0.438. The summed E-state index contributed by atoms with van der Waals surface area (Å²) in [6, 6.07) is 6.28. The molecule has 0 bridgehead atoms. The Balaban J connectivity index is 1.51. The molecule has 2 fully saturated rings. The first-order valence-corrected chi connectivity index (χ1v) is 8.27. The van der Waals surface area contributed by atoms with Crippen molar-refractivity contribution in [2.75, 3.05) is 11.4 Å². The van der Waals surface area contributed by atoms with Gasteiger partial charge in [-0.25, -0.2) is 0 Å². The Morgan fingerprint density at radius 2 is 2.04 bits per heavy atom. The SMILES string of the molecule is O=C(NC1CC1)[C@H]1CCCN1c1nc(-c2ccc([N+](=O)[O-])cc2)no1. The summed E-state index contributed by atoms with van der Waals surface area (Å²) in [5, 5.41) is 17.7. The Morgan fingerprint density at radius 1 is 1.28 bits per heavy atom. The second-order valence-electron chi connectivity index (χ2n) is 6.34. The zero-order valence-electron chi connectivity index (χ0n) is 13.4. The maximum absolute atomic E-state index is 12.4. The number of carbonyl (C=O) groups excluding carboxylic acids is 1. The monoisotopic (exact) mass is 343 g/mol. The molecule has 9 nitrogen and oxygen atoms in total. The van der Waals surface area contributed by atoms with Gasteiger partial charge in [-0.2, -0.15) is 4.98 Å². The molecule has 1 atom stereocenters. The van der Waals surface area contributed by atoms with E-state index in [9.17, 15) is 14.9 Å². The molecule has 0 unspecified atom stereocenters. The smallest absolute Gasteiger partial charge is 0.325 e. The van der Waals surface area contributed by atoms with Crippen LogP contribution in [0, 0.1) is 10.1 Å². The van der Waals surface area contributed by atoms with Gasteiger partial charge in [-0.1, -0.05) is 5.16 Å². The van der Waals surface area contributed by atoms with Gasteiger partial charge in [0.05, 0.1) is 4.92 Å². The molecule has 4 rings (SSSR count). The summed E-state index contributed by atoms with van der Waals surface area (Å²) in [6.07, 6.45) is 3.73. The topological polar surface area (TPSA) is 114 Å². The first-order chi connectivity index (χ1) is 12.1. The third kappa shape index (κ3) is 3.17. The first kappa shape index (κ1) is 15.6. The number of carbonyl (C=O) groups is 1. The van der Waals surface area contributed by atoms with Crippen molar-refractivity contribution in [2.45, 2.75) is 37.8 Å². The second-order valence-corrected chi connectivity index (χ2v) is 6.34. The molecule has 2 aliphatic rings. The number of anilines is 1. The summed E-state index contributed by atoms with van der Waals surface area (Å²) in [5.41, 5.74) is 0.627. The number of hydrogen-bond donors (Lipinski definition) is 1. The lowest BCUT2D eigenvalue weighted by molar-refractivity contribution is -0.384. The van der Waals surface area contributed by atoms with Gasteiger partial charge in [0.2, 0.25) is 11.7 Å². The van der Waals surface area contributed by atoms with Crippen molar-refractivity contribution in [2.24, 2.45) is 0 Å². The van der Waals surface area contributed by atoms with Crippen molar-refractivity contribution in [1.29, 1.82) is 0 Å². The van der Waals surface area contributed by atoms with Gasteiger partial charge >= 0.3 is 6.01 Å². The Bertz CT molecular complexity index is 799. The van der Waals surface area contributed by atoms with Crippen molar-refractivity contribution in [1.82, 2.24) is 15.5 Å². The number of aromatic nitrogens is 2. The van der Waals surface area contributed by atoms with Gasteiger partial charge in [0.25, 0.3) is 5.69 Å². The summed E-state index contributed by atoms with van der Waals surface area (Å²) in [5.74, 6) is 0.355. The molecule has 1 aromatic heterocycles. The van der Waals surface area contributed by atoms with E-state index in [4.69, 9.17) is 4.52 Å². The van der Waals surface area contributed by atoms with Gasteiger partial charge in [0.15, 0.2) is 0 Å². The minimum atomic E-state index is -0.460. The van der Waals surface area contributed by atoms with Crippen LogP contribution in [0.3, 0.4) is 0 Å². The zero-order valence-corrected chi connectivity index (χ0v) is 13.4. The van der Waals surface area contributed by atoms with Gasteiger partial charge in [-0.05, 0) is 37.8 Å². The van der Waals surface area contributed by atoms with Crippen molar-refractivity contribution < 1.29 is 14.2 Å². The van der Waals surface area contributed by atoms with Crippen molar-refractivity contribution in [3.63, 3.8) is 0 Å². The van der Waals surface area contributed by atoms with E-state index < -0.39 is 4.92 Å². The van der Waals surface area contributed by atoms with E-state index in [1.165, 1.54) is 12.1 Å². The highest BCUT2D eigenvalue weighted by atomic mass is 16.6. The third-order valence-corrected chi connectivity index (χ3v) is 4.48. The van der Waals surface area contributed by atoms with Crippen LogP contribution in [0.1, 0.15) is 25.7 Å². The Morgan fingerprint density at radius 3 is 2.72 bits per heavy atom. The summed E-state index contributed by atoms with van der Waals surface area (Å²) in [4.78, 5) is 28.8. The number of amides is 1. The minimum absolute atomic E-state index is 0.00354. The van der Waals surface area contributed by atoms with Gasteiger partial charge in [-0.15, -0.1) is 0 Å². The van der Waals surface area contributed by atoms with E-state index in [1.807, 2.05) is 4.90 Å². The lowest BCUT2D eigenvalue weighted by atomic mass is 10.2. The van der Waals surface area contributed by atoms with E-state index in [-0.39, 0.29) is 17.6 Å². The molecule has 130 valence electrons. The Kier molecular flexibility index (Phi) is 3.83. The average molecular weight is 343 g/mol. The van der Waals surface area contributed by atoms with Crippen LogP contribution >= 0.6 is 0 Å². The number of nitrogens with one attached hydrogen (secondary N) is 1. The van der Waals surface area contributed by atoms with Crippen molar-refractivity contribution in [3.8, 4) is 11.4 Å². The Labute approximate surface area is 143 Å². The molecule has 1 aliphatic carbocycles. The maximum atomic E-state index is 12.4. The van der Waals surface area contributed by atoms with Crippen LogP contribution in [0.4, 0.5) is 11.7 Å². The molecule has 1 saturated heterocycles. The molecule has 2 aromatic rings. The second kappa shape index (κ2) is 6.15. The van der Waals surface area contributed by atoms with E-state index in [0.29, 0.717) is 30.0 Å². The van der Waals surface area contributed by atoms with E-state index in [2.05, 4.69) is 15.5 Å². The van der Waals surface area contributed by atoms with Crippen LogP contribution in [-0.2, 0) is 4.79 Å². The average Bonchev–Trinajstić information content (AvgIpc) is 3.12. The highest BCUT2D eigenvalue weighted by Crippen LogP contribution is 2.28. The van der Waals surface area contributed by atoms with Crippen molar-refractivity contribution in [3.05, 3.63) is 34.4 Å². The zero-order chi connectivity index (χ0) is 17.4. The van der Waals surface area contributed by atoms with Gasteiger partial charge in [0.1, 0.15) is 6.04 Å². The summed E-state index contributed by atoms with van der Waals surface area (Å²) in [7, 11) is 0. The number of benzene rings is 1. The van der Waals surface area contributed by atoms with Crippen LogP contribution in [0.2, 0.25) is 0 Å². The fourth-order valence-corrected chi connectivity index (χ4v) is 2.97. The van der Waals surface area contributed by atoms with E-state index in [0.717, 1.165) is 25.7 Å². The van der Waals surface area contributed by atoms with Crippen LogP contribution < -0.4 is 10.2 Å². The molecular formula is C16H17N5O4. The third-order valence-electron chi connectivity index (χ3n) is 4.48. The van der Waals surface area contributed by atoms with Crippen molar-refractivity contribution >= 4 is 17.6 Å².